The number of amides is 1. The van der Waals surface area contributed by atoms with Gasteiger partial charge in [0.25, 0.3) is 5.91 Å². The Morgan fingerprint density at radius 1 is 1.35 bits per heavy atom. The molecule has 0 bridgehead atoms. The van der Waals surface area contributed by atoms with Crippen LogP contribution >= 0.6 is 11.3 Å². The van der Waals surface area contributed by atoms with Gasteiger partial charge in [-0.05, 0) is 26.0 Å². The van der Waals surface area contributed by atoms with Crippen LogP contribution < -0.4 is 11.1 Å². The molecular weight excluding hydrogens is 234 g/mol. The molecule has 2 rings (SSSR count). The molecular formula is C12H13N3OS. The summed E-state index contributed by atoms with van der Waals surface area (Å²) in [6.07, 6.45) is 0. The van der Waals surface area contributed by atoms with Crippen molar-refractivity contribution in [2.24, 2.45) is 0 Å². The van der Waals surface area contributed by atoms with E-state index in [0.717, 1.165) is 10.7 Å². The molecule has 0 aliphatic heterocycles. The minimum atomic E-state index is -0.161. The fourth-order valence-corrected chi connectivity index (χ4v) is 2.35. The predicted octanol–water partition coefficient (Wildman–Crippen LogP) is 2.59. The van der Waals surface area contributed by atoms with Crippen molar-refractivity contribution in [3.05, 3.63) is 39.8 Å². The highest BCUT2D eigenvalue weighted by Crippen LogP contribution is 2.21. The van der Waals surface area contributed by atoms with Gasteiger partial charge in [0.1, 0.15) is 4.88 Å². The number of nitrogen functional groups attached to an aromatic ring is 1. The molecule has 1 aromatic heterocycles. The number of carbonyl (C=O) groups excluding carboxylic acids is 1. The van der Waals surface area contributed by atoms with E-state index in [0.29, 0.717) is 16.3 Å². The number of para-hydroxylation sites is 2. The Labute approximate surface area is 103 Å². The number of aryl methyl sites for hydroxylation is 2. The second kappa shape index (κ2) is 4.55. The second-order valence-electron chi connectivity index (χ2n) is 3.69. The molecule has 0 saturated carbocycles. The van der Waals surface area contributed by atoms with Crippen molar-refractivity contribution in [2.75, 3.05) is 11.1 Å². The Morgan fingerprint density at radius 3 is 2.65 bits per heavy atom. The summed E-state index contributed by atoms with van der Waals surface area (Å²) in [5.41, 5.74) is 7.70. The zero-order chi connectivity index (χ0) is 12.4. The molecule has 3 N–H and O–H groups in total. The van der Waals surface area contributed by atoms with Crippen LogP contribution in [-0.2, 0) is 0 Å². The minimum Gasteiger partial charge on any atom is -0.397 e. The number of hydrogen-bond acceptors (Lipinski definition) is 4. The molecule has 1 heterocycles. The molecule has 0 saturated heterocycles. The number of carbonyl (C=O) groups is 1. The Hall–Kier alpha value is -1.88. The highest BCUT2D eigenvalue weighted by Gasteiger charge is 2.14. The van der Waals surface area contributed by atoms with Crippen LogP contribution in [-0.4, -0.2) is 10.9 Å². The van der Waals surface area contributed by atoms with Crippen molar-refractivity contribution in [3.8, 4) is 0 Å². The van der Waals surface area contributed by atoms with Crippen LogP contribution in [0.3, 0.4) is 0 Å². The first kappa shape index (κ1) is 11.6. The Morgan fingerprint density at radius 2 is 2.06 bits per heavy atom. The highest BCUT2D eigenvalue weighted by molar-refractivity contribution is 7.13. The van der Waals surface area contributed by atoms with E-state index < -0.39 is 0 Å². The number of aromatic nitrogens is 1. The average molecular weight is 247 g/mol. The highest BCUT2D eigenvalue weighted by atomic mass is 32.1. The van der Waals surface area contributed by atoms with Crippen molar-refractivity contribution < 1.29 is 4.79 Å². The Bertz CT molecular complexity index is 563. The standard InChI is InChI=1S/C12H13N3OS/c1-7-11(17-8(2)14-7)12(16)15-10-6-4-3-5-9(10)13/h3-6H,13H2,1-2H3,(H,15,16). The van der Waals surface area contributed by atoms with Gasteiger partial charge in [0.05, 0.1) is 22.1 Å². The third-order valence-corrected chi connectivity index (χ3v) is 3.39. The molecule has 2 aromatic rings. The number of nitrogens with zero attached hydrogens (tertiary/aromatic N) is 1. The fourth-order valence-electron chi connectivity index (χ4n) is 1.53. The van der Waals surface area contributed by atoms with Gasteiger partial charge in [0, 0.05) is 0 Å². The zero-order valence-corrected chi connectivity index (χ0v) is 10.5. The summed E-state index contributed by atoms with van der Waals surface area (Å²) in [6, 6.07) is 7.18. The topological polar surface area (TPSA) is 68.0 Å². The number of nitrogens with one attached hydrogen (secondary N) is 1. The van der Waals surface area contributed by atoms with Gasteiger partial charge in [-0.1, -0.05) is 12.1 Å². The molecule has 17 heavy (non-hydrogen) atoms. The van der Waals surface area contributed by atoms with Gasteiger partial charge in [-0.15, -0.1) is 11.3 Å². The lowest BCUT2D eigenvalue weighted by molar-refractivity contribution is 0.103. The summed E-state index contributed by atoms with van der Waals surface area (Å²) in [7, 11) is 0. The third kappa shape index (κ3) is 2.45. The van der Waals surface area contributed by atoms with Crippen LogP contribution in [0, 0.1) is 13.8 Å². The first-order valence-corrected chi connectivity index (χ1v) is 5.99. The Kier molecular flexibility index (Phi) is 3.10. The van der Waals surface area contributed by atoms with Crippen LogP contribution in [0.5, 0.6) is 0 Å². The molecule has 1 amide bonds. The van der Waals surface area contributed by atoms with Gasteiger partial charge in [-0.2, -0.15) is 0 Å². The first-order valence-electron chi connectivity index (χ1n) is 5.18. The zero-order valence-electron chi connectivity index (χ0n) is 9.65. The quantitative estimate of drug-likeness (QED) is 0.801. The average Bonchev–Trinajstić information content (AvgIpc) is 2.61. The van der Waals surface area contributed by atoms with Crippen LogP contribution in [0.25, 0.3) is 0 Å². The van der Waals surface area contributed by atoms with Crippen LogP contribution in [0.4, 0.5) is 11.4 Å². The molecule has 0 unspecified atom stereocenters. The largest absolute Gasteiger partial charge is 0.397 e. The van der Waals surface area contributed by atoms with Crippen molar-refractivity contribution in [2.45, 2.75) is 13.8 Å². The molecule has 88 valence electrons. The lowest BCUT2D eigenvalue weighted by Crippen LogP contribution is -2.12. The molecule has 0 spiro atoms. The molecule has 0 aliphatic carbocycles. The van der Waals surface area contributed by atoms with Crippen LogP contribution in [0.15, 0.2) is 24.3 Å². The van der Waals surface area contributed by atoms with E-state index in [9.17, 15) is 4.79 Å². The maximum atomic E-state index is 12.0. The summed E-state index contributed by atoms with van der Waals surface area (Å²) < 4.78 is 0. The Balaban J connectivity index is 2.23. The summed E-state index contributed by atoms with van der Waals surface area (Å²) in [5.74, 6) is -0.161. The monoisotopic (exact) mass is 247 g/mol. The number of nitrogens with two attached hydrogens (primary N) is 1. The molecule has 0 aliphatic rings. The number of hydrogen-bond donors (Lipinski definition) is 2. The number of thiazole rings is 1. The summed E-state index contributed by atoms with van der Waals surface area (Å²) in [6.45, 7) is 3.71. The predicted molar refractivity (Wildman–Crippen MR) is 70.4 cm³/mol. The lowest BCUT2D eigenvalue weighted by atomic mass is 10.2. The van der Waals surface area contributed by atoms with Crippen molar-refractivity contribution in [1.29, 1.82) is 0 Å². The van der Waals surface area contributed by atoms with Crippen LogP contribution in [0.2, 0.25) is 0 Å². The van der Waals surface area contributed by atoms with E-state index in [-0.39, 0.29) is 5.91 Å². The summed E-state index contributed by atoms with van der Waals surface area (Å²) in [5, 5.41) is 3.67. The van der Waals surface area contributed by atoms with E-state index >= 15 is 0 Å². The van der Waals surface area contributed by atoms with Gasteiger partial charge in [-0.3, -0.25) is 4.79 Å². The maximum Gasteiger partial charge on any atom is 0.267 e. The molecule has 1 aromatic carbocycles. The smallest absolute Gasteiger partial charge is 0.267 e. The van der Waals surface area contributed by atoms with Gasteiger partial charge >= 0.3 is 0 Å². The molecule has 0 radical (unpaired) electrons. The maximum absolute atomic E-state index is 12.0. The molecule has 0 fully saturated rings. The van der Waals surface area contributed by atoms with Crippen LogP contribution in [0.1, 0.15) is 20.4 Å². The SMILES string of the molecule is Cc1nc(C)c(C(=O)Nc2ccccc2N)s1. The van der Waals surface area contributed by atoms with E-state index in [1.54, 1.807) is 12.1 Å². The van der Waals surface area contributed by atoms with Crippen molar-refractivity contribution in [3.63, 3.8) is 0 Å². The number of anilines is 2. The van der Waals surface area contributed by atoms with E-state index in [2.05, 4.69) is 10.3 Å². The van der Waals surface area contributed by atoms with E-state index in [1.807, 2.05) is 26.0 Å². The van der Waals surface area contributed by atoms with Crippen molar-refractivity contribution in [1.82, 2.24) is 4.98 Å². The van der Waals surface area contributed by atoms with Gasteiger partial charge in [-0.25, -0.2) is 4.98 Å². The minimum absolute atomic E-state index is 0.161. The molecule has 5 heteroatoms. The van der Waals surface area contributed by atoms with E-state index in [4.69, 9.17) is 5.73 Å². The van der Waals surface area contributed by atoms with E-state index in [1.165, 1.54) is 11.3 Å². The molecule has 4 nitrogen and oxygen atoms in total. The molecule has 0 atom stereocenters. The van der Waals surface area contributed by atoms with Crippen molar-refractivity contribution >= 4 is 28.6 Å². The van der Waals surface area contributed by atoms with Gasteiger partial charge < -0.3 is 11.1 Å². The second-order valence-corrected chi connectivity index (χ2v) is 4.89. The third-order valence-electron chi connectivity index (χ3n) is 2.32. The summed E-state index contributed by atoms with van der Waals surface area (Å²) in [4.78, 5) is 16.9. The fraction of sp³-hybridized carbons (Fsp3) is 0.167. The summed E-state index contributed by atoms with van der Waals surface area (Å²) >= 11 is 1.38. The number of rotatable bonds is 2. The normalized spacial score (nSPS) is 10.2. The number of benzene rings is 1. The first-order chi connectivity index (χ1) is 8.08. The lowest BCUT2D eigenvalue weighted by Gasteiger charge is -2.06. The van der Waals surface area contributed by atoms with Gasteiger partial charge in [0.2, 0.25) is 0 Å². The van der Waals surface area contributed by atoms with Gasteiger partial charge in [0.15, 0.2) is 0 Å².